The van der Waals surface area contributed by atoms with Gasteiger partial charge in [-0.2, -0.15) is 0 Å². The van der Waals surface area contributed by atoms with Crippen LogP contribution in [0.5, 0.6) is 0 Å². The number of carbonyl (C=O) groups excluding carboxylic acids is 1. The third kappa shape index (κ3) is 3.62. The molecule has 1 unspecified atom stereocenters. The average molecular weight is 406 g/mol. The van der Waals surface area contributed by atoms with Gasteiger partial charge in [0.25, 0.3) is 5.91 Å². The Morgan fingerprint density at radius 1 is 1.17 bits per heavy atom. The number of amides is 1. The Bertz CT molecular complexity index is 1050. The zero-order valence-electron chi connectivity index (χ0n) is 16.2. The molecule has 2 aromatic rings. The summed E-state index contributed by atoms with van der Waals surface area (Å²) in [5.41, 5.74) is 9.68. The van der Waals surface area contributed by atoms with Gasteiger partial charge >= 0.3 is 0 Å². The topological polar surface area (TPSA) is 129 Å². The molecular weight excluding hydrogens is 384 g/mol. The summed E-state index contributed by atoms with van der Waals surface area (Å²) in [6, 6.07) is 14.5. The van der Waals surface area contributed by atoms with E-state index < -0.39 is 11.1 Å². The first-order valence-electron chi connectivity index (χ1n) is 9.63. The van der Waals surface area contributed by atoms with Crippen molar-refractivity contribution in [1.29, 1.82) is 5.41 Å². The second kappa shape index (κ2) is 7.96. The summed E-state index contributed by atoms with van der Waals surface area (Å²) >= 11 is 0. The van der Waals surface area contributed by atoms with Gasteiger partial charge in [0.15, 0.2) is 5.03 Å². The highest BCUT2D eigenvalue weighted by Crippen LogP contribution is 2.35. The summed E-state index contributed by atoms with van der Waals surface area (Å²) in [6.45, 7) is 1.18. The monoisotopic (exact) mass is 406 g/mol. The van der Waals surface area contributed by atoms with Crippen molar-refractivity contribution >= 4 is 23.0 Å². The maximum atomic E-state index is 12.7. The molecule has 2 aliphatic heterocycles. The lowest BCUT2D eigenvalue weighted by atomic mass is 9.93. The molecule has 4 N–H and O–H groups in total. The van der Waals surface area contributed by atoms with E-state index in [1.165, 1.54) is 0 Å². The lowest BCUT2D eigenvalue weighted by Gasteiger charge is -2.36. The normalized spacial score (nSPS) is 20.1. The number of anilines is 1. The highest BCUT2D eigenvalue weighted by molar-refractivity contribution is 6.12. The maximum Gasteiger partial charge on any atom is 0.256 e. The summed E-state index contributed by atoms with van der Waals surface area (Å²) < 4.78 is 0. The van der Waals surface area contributed by atoms with Crippen molar-refractivity contribution < 1.29 is 9.83 Å². The number of hydrazine groups is 1. The molecule has 0 radical (unpaired) electrons. The molecular formula is C21H22N6O3. The number of nitro groups is 1. The Hall–Kier alpha value is -3.72. The average Bonchev–Trinajstić information content (AvgIpc) is 2.86. The number of nitrogens with one attached hydrogen (secondary N) is 2. The molecule has 1 atom stereocenters. The highest BCUT2D eigenvalue weighted by atomic mass is 16.7. The molecule has 1 amide bonds. The summed E-state index contributed by atoms with van der Waals surface area (Å²) in [5, 5.41) is 22.6. The number of rotatable bonds is 4. The van der Waals surface area contributed by atoms with Crippen molar-refractivity contribution in [1.82, 2.24) is 9.91 Å². The van der Waals surface area contributed by atoms with E-state index >= 15 is 0 Å². The van der Waals surface area contributed by atoms with Gasteiger partial charge in [-0.25, -0.2) is 10.1 Å². The minimum atomic E-state index is -0.544. The van der Waals surface area contributed by atoms with Crippen molar-refractivity contribution in [2.45, 2.75) is 6.04 Å². The maximum absolute atomic E-state index is 12.7. The number of benzene rings is 2. The molecule has 2 aromatic carbocycles. The van der Waals surface area contributed by atoms with Crippen LogP contribution in [0, 0.1) is 15.5 Å². The molecule has 1 saturated heterocycles. The number of para-hydroxylation sites is 1. The van der Waals surface area contributed by atoms with Gasteiger partial charge < -0.3 is 11.1 Å². The summed E-state index contributed by atoms with van der Waals surface area (Å²) in [5.74, 6) is -0.263. The standard InChI is InChI=1S/C21H22N6O3/c22-20(23)19-13-26(27(29)30)12-11-25(19)10-9-15-14-5-1-2-7-17(14)21(28)24-18-8-4-3-6-16(15)18/h1-9,19H,10-13H2,(H3,22,23)(H,24,28). The van der Waals surface area contributed by atoms with Crippen molar-refractivity contribution in [2.24, 2.45) is 5.73 Å². The van der Waals surface area contributed by atoms with E-state index in [0.29, 0.717) is 18.7 Å². The first-order chi connectivity index (χ1) is 14.5. The molecule has 2 heterocycles. The smallest absolute Gasteiger partial charge is 0.256 e. The molecule has 9 nitrogen and oxygen atoms in total. The predicted octanol–water partition coefficient (Wildman–Crippen LogP) is 1.80. The van der Waals surface area contributed by atoms with Gasteiger partial charge in [-0.3, -0.25) is 15.1 Å². The van der Waals surface area contributed by atoms with Crippen LogP contribution in [0.1, 0.15) is 21.5 Å². The van der Waals surface area contributed by atoms with Gasteiger partial charge in [0.2, 0.25) is 0 Å². The van der Waals surface area contributed by atoms with Gasteiger partial charge in [0, 0.05) is 29.9 Å². The van der Waals surface area contributed by atoms with Crippen molar-refractivity contribution in [2.75, 3.05) is 31.5 Å². The fraction of sp³-hybridized carbons (Fsp3) is 0.238. The van der Waals surface area contributed by atoms with E-state index in [-0.39, 0.29) is 24.8 Å². The second-order valence-electron chi connectivity index (χ2n) is 7.28. The molecule has 0 aliphatic carbocycles. The number of amidine groups is 1. The van der Waals surface area contributed by atoms with Crippen molar-refractivity contribution in [3.05, 3.63) is 81.4 Å². The molecule has 4 rings (SSSR count). The molecule has 0 saturated carbocycles. The van der Waals surface area contributed by atoms with Gasteiger partial charge in [-0.05, 0) is 23.3 Å². The molecule has 1 fully saturated rings. The molecule has 2 aliphatic rings. The predicted molar refractivity (Wildman–Crippen MR) is 114 cm³/mol. The zero-order valence-corrected chi connectivity index (χ0v) is 16.2. The van der Waals surface area contributed by atoms with Crippen LogP contribution in [0.3, 0.4) is 0 Å². The number of nitrogens with two attached hydrogens (primary N) is 1. The lowest BCUT2D eigenvalue weighted by molar-refractivity contribution is -0.658. The number of nitrogens with zero attached hydrogens (tertiary/aromatic N) is 3. The van der Waals surface area contributed by atoms with Gasteiger partial charge in [0.05, 0.1) is 12.6 Å². The first-order valence-corrected chi connectivity index (χ1v) is 9.63. The lowest BCUT2D eigenvalue weighted by Crippen LogP contribution is -2.59. The largest absolute Gasteiger partial charge is 0.386 e. The third-order valence-electron chi connectivity index (χ3n) is 5.52. The minimum absolute atomic E-state index is 0.0682. The fourth-order valence-electron chi connectivity index (χ4n) is 3.97. The molecule has 9 heteroatoms. The first kappa shape index (κ1) is 19.6. The van der Waals surface area contributed by atoms with Crippen LogP contribution >= 0.6 is 0 Å². The van der Waals surface area contributed by atoms with E-state index in [1.807, 2.05) is 53.4 Å². The molecule has 154 valence electrons. The SMILES string of the molecule is N=C(N)C1CN([N+](=O)[O-])CCN1CC=C1c2ccccc2NC(=O)c2ccccc21. The summed E-state index contributed by atoms with van der Waals surface area (Å²) in [6.07, 6.45) is 2.01. The van der Waals surface area contributed by atoms with Gasteiger partial charge in [0.1, 0.15) is 12.4 Å². The second-order valence-corrected chi connectivity index (χ2v) is 7.28. The van der Waals surface area contributed by atoms with Gasteiger partial charge in [-0.15, -0.1) is 5.01 Å². The molecule has 0 aromatic heterocycles. The van der Waals surface area contributed by atoms with E-state index in [1.54, 1.807) is 6.07 Å². The van der Waals surface area contributed by atoms with E-state index in [0.717, 1.165) is 27.4 Å². The molecule has 0 bridgehead atoms. The Labute approximate surface area is 173 Å². The Kier molecular flexibility index (Phi) is 5.20. The number of carbonyl (C=O) groups is 1. The fourth-order valence-corrected chi connectivity index (χ4v) is 3.97. The summed E-state index contributed by atoms with van der Waals surface area (Å²) in [7, 11) is 0. The Morgan fingerprint density at radius 2 is 1.83 bits per heavy atom. The van der Waals surface area contributed by atoms with Crippen molar-refractivity contribution in [3.63, 3.8) is 0 Å². The van der Waals surface area contributed by atoms with E-state index in [9.17, 15) is 14.9 Å². The number of hydrogen-bond acceptors (Lipinski definition) is 5. The number of hydrogen-bond donors (Lipinski definition) is 3. The van der Waals surface area contributed by atoms with Crippen LogP contribution in [0.15, 0.2) is 54.6 Å². The number of fused-ring (bicyclic) bond motifs is 2. The van der Waals surface area contributed by atoms with Gasteiger partial charge in [-0.1, -0.05) is 42.5 Å². The minimum Gasteiger partial charge on any atom is -0.386 e. The van der Waals surface area contributed by atoms with Crippen LogP contribution in [-0.2, 0) is 0 Å². The van der Waals surface area contributed by atoms with Crippen molar-refractivity contribution in [3.8, 4) is 0 Å². The Balaban J connectivity index is 1.71. The van der Waals surface area contributed by atoms with Crippen LogP contribution in [0.25, 0.3) is 5.57 Å². The quantitative estimate of drug-likeness (QED) is 0.307. The van der Waals surface area contributed by atoms with E-state index in [2.05, 4.69) is 5.32 Å². The van der Waals surface area contributed by atoms with Crippen LogP contribution in [0.4, 0.5) is 5.69 Å². The zero-order chi connectivity index (χ0) is 21.3. The van der Waals surface area contributed by atoms with Crippen LogP contribution in [-0.4, -0.2) is 58.9 Å². The van der Waals surface area contributed by atoms with E-state index in [4.69, 9.17) is 11.1 Å². The molecule has 0 spiro atoms. The summed E-state index contributed by atoms with van der Waals surface area (Å²) in [4.78, 5) is 25.8. The van der Waals surface area contributed by atoms with Crippen LogP contribution < -0.4 is 11.1 Å². The highest BCUT2D eigenvalue weighted by Gasteiger charge is 2.33. The third-order valence-corrected chi connectivity index (χ3v) is 5.52. The molecule has 30 heavy (non-hydrogen) atoms. The van der Waals surface area contributed by atoms with Crippen LogP contribution in [0.2, 0.25) is 0 Å². The Morgan fingerprint density at radius 3 is 2.53 bits per heavy atom. The number of piperazine rings is 1.